The number of pyridine rings is 1. The van der Waals surface area contributed by atoms with E-state index in [1.807, 2.05) is 58.0 Å². The highest BCUT2D eigenvalue weighted by Crippen LogP contribution is 2.36. The van der Waals surface area contributed by atoms with Crippen LogP contribution < -0.4 is 10.8 Å². The molecule has 8 nitrogen and oxygen atoms in total. The van der Waals surface area contributed by atoms with E-state index in [9.17, 15) is 15.0 Å². The number of aliphatic hydroxyl groups is 2. The highest BCUT2D eigenvalue weighted by Gasteiger charge is 2.51. The Kier molecular flexibility index (Phi) is 7.01. The van der Waals surface area contributed by atoms with Crippen LogP contribution in [0.15, 0.2) is 48.7 Å². The summed E-state index contributed by atoms with van der Waals surface area (Å²) in [5.41, 5.74) is 0.906. The molecule has 0 spiro atoms. The average molecular weight is 428 g/mol. The summed E-state index contributed by atoms with van der Waals surface area (Å²) in [7, 11) is -0.560. The van der Waals surface area contributed by atoms with Crippen LogP contribution in [0.1, 0.15) is 45.1 Å². The Labute approximate surface area is 182 Å². The standard InChI is InChI=1S/C22H29BN2O6/c1-21(2)22(3,4)31-23(30-21)16-10-11-17(24-12-16)19(27)18(26)13-25-20(28)29-14-15-8-6-5-7-9-15/h5-12,18-19,26-27H,13-14H2,1-4H3,(H,25,28). The topological polar surface area (TPSA) is 110 Å². The summed E-state index contributed by atoms with van der Waals surface area (Å²) in [5.74, 6) is 0. The zero-order valence-electron chi connectivity index (χ0n) is 18.2. The van der Waals surface area contributed by atoms with Crippen LogP contribution in [-0.2, 0) is 20.7 Å². The summed E-state index contributed by atoms with van der Waals surface area (Å²) >= 11 is 0. The summed E-state index contributed by atoms with van der Waals surface area (Å²) in [6, 6.07) is 12.6. The third-order valence-electron chi connectivity index (χ3n) is 5.67. The molecule has 166 valence electrons. The largest absolute Gasteiger partial charge is 0.496 e. The van der Waals surface area contributed by atoms with Gasteiger partial charge in [0, 0.05) is 18.2 Å². The fraction of sp³-hybridized carbons (Fsp3) is 0.455. The van der Waals surface area contributed by atoms with Crippen molar-refractivity contribution in [1.82, 2.24) is 10.3 Å². The van der Waals surface area contributed by atoms with E-state index in [4.69, 9.17) is 14.0 Å². The van der Waals surface area contributed by atoms with E-state index in [0.717, 1.165) is 5.56 Å². The van der Waals surface area contributed by atoms with Crippen LogP contribution in [0, 0.1) is 0 Å². The number of hydrogen-bond acceptors (Lipinski definition) is 7. The first-order valence-corrected chi connectivity index (χ1v) is 10.2. The molecule has 1 aliphatic rings. The number of amides is 1. The van der Waals surface area contributed by atoms with Crippen molar-refractivity contribution in [2.45, 2.75) is 57.7 Å². The number of nitrogens with zero attached hydrogens (tertiary/aromatic N) is 1. The normalized spacial score (nSPS) is 19.0. The van der Waals surface area contributed by atoms with Crippen LogP contribution >= 0.6 is 0 Å². The first kappa shape index (κ1) is 23.2. The Morgan fingerprint density at radius 1 is 1.10 bits per heavy atom. The van der Waals surface area contributed by atoms with Crippen molar-refractivity contribution in [2.75, 3.05) is 6.54 Å². The Morgan fingerprint density at radius 3 is 2.32 bits per heavy atom. The van der Waals surface area contributed by atoms with Gasteiger partial charge in [-0.2, -0.15) is 0 Å². The molecule has 0 aliphatic carbocycles. The zero-order chi connectivity index (χ0) is 22.6. The number of nitrogens with one attached hydrogen (secondary N) is 1. The van der Waals surface area contributed by atoms with Gasteiger partial charge in [-0.1, -0.05) is 36.4 Å². The second-order valence-electron chi connectivity index (χ2n) is 8.56. The number of alkyl carbamates (subject to hydrolysis) is 1. The SMILES string of the molecule is CC1(C)OB(c2ccc(C(O)C(O)CNC(=O)OCc3ccccc3)nc2)OC1(C)C. The maximum atomic E-state index is 11.8. The molecule has 1 aliphatic heterocycles. The van der Waals surface area contributed by atoms with E-state index in [-0.39, 0.29) is 18.8 Å². The molecular weight excluding hydrogens is 399 g/mol. The monoisotopic (exact) mass is 428 g/mol. The Bertz CT molecular complexity index is 859. The summed E-state index contributed by atoms with van der Waals surface area (Å²) < 4.78 is 17.0. The summed E-state index contributed by atoms with van der Waals surface area (Å²) in [6.45, 7) is 7.79. The molecule has 1 saturated heterocycles. The lowest BCUT2D eigenvalue weighted by atomic mass is 9.80. The predicted molar refractivity (Wildman–Crippen MR) is 116 cm³/mol. The zero-order valence-corrected chi connectivity index (χ0v) is 18.2. The van der Waals surface area contributed by atoms with E-state index >= 15 is 0 Å². The first-order valence-electron chi connectivity index (χ1n) is 10.2. The first-order chi connectivity index (χ1) is 14.6. The number of rotatable bonds is 7. The van der Waals surface area contributed by atoms with Gasteiger partial charge < -0.3 is 29.6 Å². The number of hydrogen-bond donors (Lipinski definition) is 3. The lowest BCUT2D eigenvalue weighted by molar-refractivity contribution is 0.00578. The molecule has 0 saturated carbocycles. The van der Waals surface area contributed by atoms with Crippen LogP contribution in [0.3, 0.4) is 0 Å². The molecule has 1 aromatic heterocycles. The fourth-order valence-corrected chi connectivity index (χ4v) is 2.98. The fourth-order valence-electron chi connectivity index (χ4n) is 2.98. The van der Waals surface area contributed by atoms with Gasteiger partial charge >= 0.3 is 13.2 Å². The highest BCUT2D eigenvalue weighted by molar-refractivity contribution is 6.62. The van der Waals surface area contributed by atoms with Crippen LogP contribution in [0.25, 0.3) is 0 Å². The molecular formula is C22H29BN2O6. The Morgan fingerprint density at radius 2 is 1.74 bits per heavy atom. The van der Waals surface area contributed by atoms with Gasteiger partial charge in [0.05, 0.1) is 16.9 Å². The molecule has 1 aromatic carbocycles. The van der Waals surface area contributed by atoms with Gasteiger partial charge in [0.15, 0.2) is 0 Å². The van der Waals surface area contributed by atoms with E-state index in [2.05, 4.69) is 10.3 Å². The molecule has 1 amide bonds. The van der Waals surface area contributed by atoms with E-state index < -0.39 is 36.6 Å². The molecule has 1 fully saturated rings. The van der Waals surface area contributed by atoms with Crippen molar-refractivity contribution >= 4 is 18.7 Å². The van der Waals surface area contributed by atoms with Gasteiger partial charge in [-0.05, 0) is 39.3 Å². The van der Waals surface area contributed by atoms with E-state index in [1.165, 1.54) is 0 Å². The van der Waals surface area contributed by atoms with E-state index in [0.29, 0.717) is 5.46 Å². The molecule has 31 heavy (non-hydrogen) atoms. The van der Waals surface area contributed by atoms with Crippen LogP contribution in [0.5, 0.6) is 0 Å². The number of aromatic nitrogens is 1. The number of carbonyl (C=O) groups is 1. The minimum absolute atomic E-state index is 0.118. The minimum Gasteiger partial charge on any atom is -0.445 e. The second kappa shape index (κ2) is 9.36. The number of ether oxygens (including phenoxy) is 1. The quantitative estimate of drug-likeness (QED) is 0.576. The van der Waals surface area contributed by atoms with E-state index in [1.54, 1.807) is 18.3 Å². The summed E-state index contributed by atoms with van der Waals surface area (Å²) in [6.07, 6.45) is -1.66. The highest BCUT2D eigenvalue weighted by atomic mass is 16.7. The third kappa shape index (κ3) is 5.62. The van der Waals surface area contributed by atoms with Crippen molar-refractivity contribution in [3.8, 4) is 0 Å². The summed E-state index contributed by atoms with van der Waals surface area (Å²) in [5, 5.41) is 23.0. The summed E-state index contributed by atoms with van der Waals surface area (Å²) in [4.78, 5) is 16.0. The lowest BCUT2D eigenvalue weighted by Crippen LogP contribution is -2.41. The molecule has 0 radical (unpaired) electrons. The molecule has 2 heterocycles. The van der Waals surface area contributed by atoms with Crippen LogP contribution in [0.4, 0.5) is 4.79 Å². The molecule has 0 bridgehead atoms. The Balaban J connectivity index is 1.49. The molecule has 2 unspecified atom stereocenters. The van der Waals surface area contributed by atoms with Gasteiger partial charge in [0.2, 0.25) is 0 Å². The molecule has 2 aromatic rings. The maximum Gasteiger partial charge on any atom is 0.496 e. The molecule has 2 atom stereocenters. The average Bonchev–Trinajstić information content (AvgIpc) is 2.97. The van der Waals surface area contributed by atoms with Crippen molar-refractivity contribution in [2.24, 2.45) is 0 Å². The van der Waals surface area contributed by atoms with Crippen LogP contribution in [0.2, 0.25) is 0 Å². The number of benzene rings is 1. The van der Waals surface area contributed by atoms with Gasteiger partial charge in [-0.25, -0.2) is 4.79 Å². The predicted octanol–water partition coefficient (Wildman–Crippen LogP) is 1.70. The van der Waals surface area contributed by atoms with Gasteiger partial charge in [-0.3, -0.25) is 4.98 Å². The lowest BCUT2D eigenvalue weighted by Gasteiger charge is -2.32. The van der Waals surface area contributed by atoms with Crippen molar-refractivity contribution in [3.05, 3.63) is 59.9 Å². The van der Waals surface area contributed by atoms with Crippen molar-refractivity contribution in [3.63, 3.8) is 0 Å². The van der Waals surface area contributed by atoms with Gasteiger partial charge in [-0.15, -0.1) is 0 Å². The second-order valence-corrected chi connectivity index (χ2v) is 8.56. The maximum absolute atomic E-state index is 11.8. The number of carbonyl (C=O) groups excluding carboxylic acids is 1. The molecule has 3 rings (SSSR count). The third-order valence-corrected chi connectivity index (χ3v) is 5.67. The van der Waals surface area contributed by atoms with Crippen molar-refractivity contribution < 1.29 is 29.1 Å². The van der Waals surface area contributed by atoms with Gasteiger partial charge in [0.25, 0.3) is 0 Å². The minimum atomic E-state index is -1.28. The smallest absolute Gasteiger partial charge is 0.445 e. The van der Waals surface area contributed by atoms with Crippen molar-refractivity contribution in [1.29, 1.82) is 0 Å². The molecule has 9 heteroatoms. The molecule has 3 N–H and O–H groups in total. The van der Waals surface area contributed by atoms with Gasteiger partial charge in [0.1, 0.15) is 18.8 Å². The van der Waals surface area contributed by atoms with Crippen LogP contribution in [-0.4, -0.2) is 52.3 Å². The Hall–Kier alpha value is -2.46. The number of aliphatic hydroxyl groups excluding tert-OH is 2.